The van der Waals surface area contributed by atoms with Crippen molar-refractivity contribution in [2.75, 3.05) is 5.32 Å². The molecule has 2 unspecified atom stereocenters. The second kappa shape index (κ2) is 5.26. The van der Waals surface area contributed by atoms with Crippen molar-refractivity contribution >= 4 is 17.7 Å². The van der Waals surface area contributed by atoms with E-state index in [0.717, 1.165) is 25.0 Å². The Morgan fingerprint density at radius 2 is 2.21 bits per heavy atom. The number of aromatic carboxylic acids is 1. The van der Waals surface area contributed by atoms with Crippen LogP contribution < -0.4 is 10.6 Å². The maximum absolute atomic E-state index is 13.0. The molecule has 1 aliphatic carbocycles. The van der Waals surface area contributed by atoms with Gasteiger partial charge in [0.1, 0.15) is 5.82 Å². The number of halogens is 1. The van der Waals surface area contributed by atoms with Crippen LogP contribution in [0.15, 0.2) is 18.2 Å². The molecule has 6 heteroatoms. The van der Waals surface area contributed by atoms with Crippen LogP contribution in [0.3, 0.4) is 0 Å². The minimum absolute atomic E-state index is 0.0834. The van der Waals surface area contributed by atoms with Gasteiger partial charge in [-0.1, -0.05) is 13.3 Å². The molecule has 0 aliphatic heterocycles. The summed E-state index contributed by atoms with van der Waals surface area (Å²) in [5.74, 6) is -1.44. The molecule has 1 aromatic carbocycles. The van der Waals surface area contributed by atoms with Crippen molar-refractivity contribution in [3.8, 4) is 0 Å². The van der Waals surface area contributed by atoms with E-state index < -0.39 is 17.8 Å². The number of urea groups is 1. The minimum Gasteiger partial charge on any atom is -0.478 e. The van der Waals surface area contributed by atoms with Gasteiger partial charge in [0.2, 0.25) is 0 Å². The van der Waals surface area contributed by atoms with Crippen molar-refractivity contribution < 1.29 is 19.1 Å². The fourth-order valence-corrected chi connectivity index (χ4v) is 2.00. The molecule has 1 aromatic rings. The standard InChI is InChI=1S/C13H15FN2O3/c1-2-7-5-11(7)16-13(19)15-10-4-3-8(14)6-9(10)12(17)18/h3-4,6-7,11H,2,5H2,1H3,(H,17,18)(H2,15,16,19). The third kappa shape index (κ3) is 3.21. The van der Waals surface area contributed by atoms with Crippen molar-refractivity contribution in [1.29, 1.82) is 0 Å². The molecule has 0 radical (unpaired) electrons. The van der Waals surface area contributed by atoms with E-state index in [1.807, 2.05) is 6.92 Å². The fraction of sp³-hybridized carbons (Fsp3) is 0.385. The van der Waals surface area contributed by atoms with Crippen molar-refractivity contribution in [1.82, 2.24) is 5.32 Å². The van der Waals surface area contributed by atoms with Crippen LogP contribution >= 0.6 is 0 Å². The number of anilines is 1. The lowest BCUT2D eigenvalue weighted by molar-refractivity contribution is 0.0697. The van der Waals surface area contributed by atoms with E-state index >= 15 is 0 Å². The molecule has 3 N–H and O–H groups in total. The van der Waals surface area contributed by atoms with Crippen molar-refractivity contribution in [3.05, 3.63) is 29.6 Å². The zero-order chi connectivity index (χ0) is 14.0. The summed E-state index contributed by atoms with van der Waals surface area (Å²) in [5, 5.41) is 14.1. The molecule has 2 rings (SSSR count). The Morgan fingerprint density at radius 3 is 2.79 bits per heavy atom. The normalized spacial score (nSPS) is 20.7. The molecular formula is C13H15FN2O3. The van der Waals surface area contributed by atoms with Gasteiger partial charge in [-0.25, -0.2) is 14.0 Å². The van der Waals surface area contributed by atoms with Crippen LogP contribution in [-0.2, 0) is 0 Å². The molecule has 2 atom stereocenters. The van der Waals surface area contributed by atoms with Gasteiger partial charge in [-0.2, -0.15) is 0 Å². The number of rotatable bonds is 4. The third-order valence-electron chi connectivity index (χ3n) is 3.22. The van der Waals surface area contributed by atoms with Crippen molar-refractivity contribution in [2.45, 2.75) is 25.8 Å². The summed E-state index contributed by atoms with van der Waals surface area (Å²) in [6, 6.07) is 2.91. The lowest BCUT2D eigenvalue weighted by atomic mass is 10.2. The van der Waals surface area contributed by atoms with E-state index in [9.17, 15) is 14.0 Å². The van der Waals surface area contributed by atoms with Crippen molar-refractivity contribution in [2.24, 2.45) is 5.92 Å². The summed E-state index contributed by atoms with van der Waals surface area (Å²) in [7, 11) is 0. The number of carbonyl (C=O) groups is 2. The van der Waals surface area contributed by atoms with Crippen LogP contribution in [0.4, 0.5) is 14.9 Å². The van der Waals surface area contributed by atoms with Gasteiger partial charge < -0.3 is 15.7 Å². The fourth-order valence-electron chi connectivity index (χ4n) is 2.00. The number of hydrogen-bond acceptors (Lipinski definition) is 2. The lowest BCUT2D eigenvalue weighted by Gasteiger charge is -2.09. The molecule has 0 saturated heterocycles. The van der Waals surface area contributed by atoms with Crippen LogP contribution in [0.1, 0.15) is 30.1 Å². The molecule has 102 valence electrons. The molecule has 1 fully saturated rings. The largest absolute Gasteiger partial charge is 0.478 e. The summed E-state index contributed by atoms with van der Waals surface area (Å²) in [4.78, 5) is 22.6. The van der Waals surface area contributed by atoms with Gasteiger partial charge in [0.05, 0.1) is 11.3 Å². The Morgan fingerprint density at radius 1 is 1.47 bits per heavy atom. The Balaban J connectivity index is 2.02. The number of carboxylic acid groups (broad SMARTS) is 1. The highest BCUT2D eigenvalue weighted by Crippen LogP contribution is 2.33. The van der Waals surface area contributed by atoms with Gasteiger partial charge in [-0.15, -0.1) is 0 Å². The molecule has 0 bridgehead atoms. The maximum atomic E-state index is 13.0. The van der Waals surface area contributed by atoms with Gasteiger partial charge in [0.25, 0.3) is 0 Å². The van der Waals surface area contributed by atoms with Gasteiger partial charge >= 0.3 is 12.0 Å². The lowest BCUT2D eigenvalue weighted by Crippen LogP contribution is -2.32. The highest BCUT2D eigenvalue weighted by Gasteiger charge is 2.36. The monoisotopic (exact) mass is 266 g/mol. The Labute approximate surface area is 109 Å². The molecule has 0 aromatic heterocycles. The zero-order valence-corrected chi connectivity index (χ0v) is 10.4. The number of nitrogens with one attached hydrogen (secondary N) is 2. The first-order valence-electron chi connectivity index (χ1n) is 6.11. The predicted molar refractivity (Wildman–Crippen MR) is 67.7 cm³/mol. The molecule has 0 heterocycles. The molecule has 1 saturated carbocycles. The second-order valence-corrected chi connectivity index (χ2v) is 4.60. The van der Waals surface area contributed by atoms with Crippen LogP contribution in [0.25, 0.3) is 0 Å². The summed E-state index contributed by atoms with van der Waals surface area (Å²) < 4.78 is 13.0. The number of carbonyl (C=O) groups excluding carboxylic acids is 1. The van der Waals surface area contributed by atoms with Gasteiger partial charge in [0, 0.05) is 6.04 Å². The molecule has 0 spiro atoms. The molecule has 2 amide bonds. The van der Waals surface area contributed by atoms with E-state index in [4.69, 9.17) is 5.11 Å². The summed E-state index contributed by atoms with van der Waals surface area (Å²) >= 11 is 0. The predicted octanol–water partition coefficient (Wildman–Crippen LogP) is 2.44. The van der Waals surface area contributed by atoms with E-state index in [0.29, 0.717) is 5.92 Å². The minimum atomic E-state index is -1.28. The van der Waals surface area contributed by atoms with Gasteiger partial charge in [-0.3, -0.25) is 0 Å². The zero-order valence-electron chi connectivity index (χ0n) is 10.4. The summed E-state index contributed by atoms with van der Waals surface area (Å²) in [5.41, 5.74) is -0.182. The topological polar surface area (TPSA) is 78.4 Å². The van der Waals surface area contributed by atoms with Gasteiger partial charge in [0.15, 0.2) is 0 Å². The van der Waals surface area contributed by atoms with Crippen LogP contribution in [0.2, 0.25) is 0 Å². The molecular weight excluding hydrogens is 251 g/mol. The first-order valence-corrected chi connectivity index (χ1v) is 6.11. The van der Waals surface area contributed by atoms with Crippen LogP contribution in [-0.4, -0.2) is 23.1 Å². The Bertz CT molecular complexity index is 519. The number of hydrogen-bond donors (Lipinski definition) is 3. The van der Waals surface area contributed by atoms with Gasteiger partial charge in [-0.05, 0) is 30.5 Å². The maximum Gasteiger partial charge on any atom is 0.337 e. The van der Waals surface area contributed by atoms with Crippen LogP contribution in [0, 0.1) is 11.7 Å². The quantitative estimate of drug-likeness (QED) is 0.783. The Hall–Kier alpha value is -2.11. The van der Waals surface area contributed by atoms with E-state index in [2.05, 4.69) is 10.6 Å². The first kappa shape index (κ1) is 13.3. The second-order valence-electron chi connectivity index (χ2n) is 4.60. The third-order valence-corrected chi connectivity index (χ3v) is 3.22. The number of carboxylic acids is 1. The number of benzene rings is 1. The molecule has 5 nitrogen and oxygen atoms in total. The average molecular weight is 266 g/mol. The molecule has 19 heavy (non-hydrogen) atoms. The smallest absolute Gasteiger partial charge is 0.337 e. The summed E-state index contributed by atoms with van der Waals surface area (Å²) in [6.07, 6.45) is 1.95. The van der Waals surface area contributed by atoms with Crippen molar-refractivity contribution in [3.63, 3.8) is 0 Å². The average Bonchev–Trinajstić information content (AvgIpc) is 3.09. The Kier molecular flexibility index (Phi) is 3.69. The van der Waals surface area contributed by atoms with E-state index in [1.54, 1.807) is 0 Å². The summed E-state index contributed by atoms with van der Waals surface area (Å²) in [6.45, 7) is 2.05. The highest BCUT2D eigenvalue weighted by molar-refractivity contribution is 6.00. The SMILES string of the molecule is CCC1CC1NC(=O)Nc1ccc(F)cc1C(=O)O. The van der Waals surface area contributed by atoms with E-state index in [-0.39, 0.29) is 17.3 Å². The number of amides is 2. The van der Waals surface area contributed by atoms with Crippen LogP contribution in [0.5, 0.6) is 0 Å². The first-order chi connectivity index (χ1) is 9.01. The molecule has 1 aliphatic rings. The van der Waals surface area contributed by atoms with E-state index in [1.165, 1.54) is 6.07 Å². The highest BCUT2D eigenvalue weighted by atomic mass is 19.1.